The van der Waals surface area contributed by atoms with Gasteiger partial charge in [0.15, 0.2) is 0 Å². The molecule has 0 aromatic heterocycles. The van der Waals surface area contributed by atoms with Crippen LogP contribution in [0.3, 0.4) is 0 Å². The summed E-state index contributed by atoms with van der Waals surface area (Å²) in [7, 11) is 3.20. The van der Waals surface area contributed by atoms with E-state index in [1.54, 1.807) is 14.2 Å². The third-order valence-corrected chi connectivity index (χ3v) is 2.98. The summed E-state index contributed by atoms with van der Waals surface area (Å²) in [6.07, 6.45) is 3.96. The van der Waals surface area contributed by atoms with Gasteiger partial charge in [0.1, 0.15) is 11.5 Å². The van der Waals surface area contributed by atoms with E-state index >= 15 is 0 Å². The van der Waals surface area contributed by atoms with Gasteiger partial charge in [-0.05, 0) is 35.4 Å². The molecule has 0 atom stereocenters. The van der Waals surface area contributed by atoms with Crippen LogP contribution in [0.5, 0.6) is 11.5 Å². The summed E-state index contributed by atoms with van der Waals surface area (Å²) < 4.78 is 10.4. The molecule has 4 N–H and O–H groups in total. The molecule has 4 heteroatoms. The predicted molar refractivity (Wildman–Crippen MR) is 83.7 cm³/mol. The number of anilines is 2. The van der Waals surface area contributed by atoms with Crippen molar-refractivity contribution >= 4 is 23.5 Å². The smallest absolute Gasteiger partial charge is 0.142 e. The van der Waals surface area contributed by atoms with Crippen molar-refractivity contribution in [1.29, 1.82) is 0 Å². The highest BCUT2D eigenvalue weighted by molar-refractivity contribution is 5.73. The Morgan fingerprint density at radius 3 is 1.50 bits per heavy atom. The topological polar surface area (TPSA) is 70.5 Å². The first-order valence-corrected chi connectivity index (χ1v) is 6.19. The molecule has 0 saturated carbocycles. The molecule has 0 spiro atoms. The molecule has 2 aromatic carbocycles. The average molecular weight is 270 g/mol. The van der Waals surface area contributed by atoms with Gasteiger partial charge in [-0.2, -0.15) is 0 Å². The third kappa shape index (κ3) is 3.03. The maximum absolute atomic E-state index is 5.78. The Hall–Kier alpha value is -2.62. The number of nitrogen functional groups attached to an aromatic ring is 2. The number of hydrogen-bond donors (Lipinski definition) is 2. The van der Waals surface area contributed by atoms with E-state index < -0.39 is 0 Å². The van der Waals surface area contributed by atoms with Crippen molar-refractivity contribution in [3.8, 4) is 11.5 Å². The second kappa shape index (κ2) is 6.02. The van der Waals surface area contributed by atoms with Crippen molar-refractivity contribution in [3.63, 3.8) is 0 Å². The van der Waals surface area contributed by atoms with Crippen LogP contribution in [0.1, 0.15) is 11.1 Å². The molecule has 0 radical (unpaired) electrons. The number of nitrogens with two attached hydrogens (primary N) is 2. The molecule has 0 unspecified atom stereocenters. The third-order valence-electron chi connectivity index (χ3n) is 2.98. The van der Waals surface area contributed by atoms with Crippen LogP contribution in [0, 0.1) is 0 Å². The van der Waals surface area contributed by atoms with Crippen LogP contribution in [0.4, 0.5) is 11.4 Å². The first kappa shape index (κ1) is 13.8. The second-order valence-electron chi connectivity index (χ2n) is 4.34. The highest BCUT2D eigenvalue weighted by atomic mass is 16.5. The molecule has 4 nitrogen and oxygen atoms in total. The zero-order chi connectivity index (χ0) is 14.5. The monoisotopic (exact) mass is 270 g/mol. The summed E-state index contributed by atoms with van der Waals surface area (Å²) >= 11 is 0. The lowest BCUT2D eigenvalue weighted by Gasteiger charge is -2.06. The zero-order valence-corrected chi connectivity index (χ0v) is 11.6. The standard InChI is InChI=1S/C16H18N2O2/c1-19-15-9-11(5-7-13(15)17)3-4-12-6-8-14(18)16(10-12)20-2/h3-10H,17-18H2,1-2H3/b4-3+. The molecule has 0 aliphatic heterocycles. The van der Waals surface area contributed by atoms with Gasteiger partial charge in [-0.3, -0.25) is 0 Å². The van der Waals surface area contributed by atoms with Crippen LogP contribution in [-0.4, -0.2) is 14.2 Å². The summed E-state index contributed by atoms with van der Waals surface area (Å²) in [5, 5.41) is 0. The fourth-order valence-corrected chi connectivity index (χ4v) is 1.86. The SMILES string of the molecule is COc1cc(/C=C/c2ccc(N)c(OC)c2)ccc1N. The maximum atomic E-state index is 5.78. The van der Waals surface area contributed by atoms with Gasteiger partial charge < -0.3 is 20.9 Å². The molecule has 104 valence electrons. The Kier molecular flexibility index (Phi) is 4.15. The first-order chi connectivity index (χ1) is 9.63. The predicted octanol–water partition coefficient (Wildman–Crippen LogP) is 3.04. The Morgan fingerprint density at radius 2 is 1.15 bits per heavy atom. The fourth-order valence-electron chi connectivity index (χ4n) is 1.86. The fraction of sp³-hybridized carbons (Fsp3) is 0.125. The molecule has 0 aliphatic carbocycles. The Labute approximate surface area is 118 Å². The summed E-state index contributed by atoms with van der Waals surface area (Å²) in [6, 6.07) is 11.3. The number of rotatable bonds is 4. The Morgan fingerprint density at radius 1 is 0.750 bits per heavy atom. The summed E-state index contributed by atoms with van der Waals surface area (Å²) in [5.41, 5.74) is 14.8. The number of methoxy groups -OCH3 is 2. The van der Waals surface area contributed by atoms with Crippen LogP contribution in [0.25, 0.3) is 12.2 Å². The molecular formula is C16H18N2O2. The van der Waals surface area contributed by atoms with Crippen LogP contribution in [0.2, 0.25) is 0 Å². The number of ether oxygens (including phenoxy) is 2. The molecule has 0 amide bonds. The van der Waals surface area contributed by atoms with Crippen LogP contribution < -0.4 is 20.9 Å². The minimum absolute atomic E-state index is 0.624. The molecule has 0 heterocycles. The average Bonchev–Trinajstić information content (AvgIpc) is 2.47. The van der Waals surface area contributed by atoms with Crippen molar-refractivity contribution in [2.24, 2.45) is 0 Å². The van der Waals surface area contributed by atoms with Crippen molar-refractivity contribution in [3.05, 3.63) is 47.5 Å². The molecule has 2 rings (SSSR count). The molecule has 20 heavy (non-hydrogen) atoms. The van der Waals surface area contributed by atoms with Gasteiger partial charge in [-0.15, -0.1) is 0 Å². The number of benzene rings is 2. The van der Waals surface area contributed by atoms with Gasteiger partial charge in [-0.25, -0.2) is 0 Å². The highest BCUT2D eigenvalue weighted by Gasteiger charge is 2.00. The van der Waals surface area contributed by atoms with Gasteiger partial charge in [0.2, 0.25) is 0 Å². The van der Waals surface area contributed by atoms with Crippen molar-refractivity contribution in [1.82, 2.24) is 0 Å². The molecule has 0 aliphatic rings. The summed E-state index contributed by atoms with van der Waals surface area (Å²) in [4.78, 5) is 0. The summed E-state index contributed by atoms with van der Waals surface area (Å²) in [5.74, 6) is 1.34. The van der Waals surface area contributed by atoms with Crippen LogP contribution in [0.15, 0.2) is 36.4 Å². The molecule has 0 bridgehead atoms. The number of hydrogen-bond acceptors (Lipinski definition) is 4. The quantitative estimate of drug-likeness (QED) is 0.661. The van der Waals surface area contributed by atoms with E-state index in [2.05, 4.69) is 0 Å². The van der Waals surface area contributed by atoms with E-state index in [-0.39, 0.29) is 0 Å². The van der Waals surface area contributed by atoms with Crippen LogP contribution in [-0.2, 0) is 0 Å². The summed E-state index contributed by atoms with van der Waals surface area (Å²) in [6.45, 7) is 0. The largest absolute Gasteiger partial charge is 0.495 e. The van der Waals surface area contributed by atoms with Gasteiger partial charge in [0, 0.05) is 0 Å². The van der Waals surface area contributed by atoms with Crippen LogP contribution >= 0.6 is 0 Å². The molecule has 0 fully saturated rings. The lowest BCUT2D eigenvalue weighted by atomic mass is 10.1. The van der Waals surface area contributed by atoms with Gasteiger partial charge in [0.25, 0.3) is 0 Å². The van der Waals surface area contributed by atoms with E-state index in [1.165, 1.54) is 0 Å². The lowest BCUT2D eigenvalue weighted by Crippen LogP contribution is -1.92. The van der Waals surface area contributed by atoms with E-state index in [0.717, 1.165) is 11.1 Å². The second-order valence-corrected chi connectivity index (χ2v) is 4.34. The van der Waals surface area contributed by atoms with E-state index in [0.29, 0.717) is 22.9 Å². The highest BCUT2D eigenvalue weighted by Crippen LogP contribution is 2.25. The maximum Gasteiger partial charge on any atom is 0.142 e. The first-order valence-electron chi connectivity index (χ1n) is 6.19. The molecule has 0 saturated heterocycles. The lowest BCUT2D eigenvalue weighted by molar-refractivity contribution is 0.417. The van der Waals surface area contributed by atoms with Gasteiger partial charge in [0.05, 0.1) is 25.6 Å². The van der Waals surface area contributed by atoms with E-state index in [4.69, 9.17) is 20.9 Å². The Balaban J connectivity index is 2.25. The van der Waals surface area contributed by atoms with Crippen molar-refractivity contribution in [2.75, 3.05) is 25.7 Å². The van der Waals surface area contributed by atoms with Crippen molar-refractivity contribution in [2.45, 2.75) is 0 Å². The minimum Gasteiger partial charge on any atom is -0.495 e. The normalized spacial score (nSPS) is 10.7. The zero-order valence-electron chi connectivity index (χ0n) is 11.6. The minimum atomic E-state index is 0.624. The van der Waals surface area contributed by atoms with E-state index in [1.807, 2.05) is 48.6 Å². The molecular weight excluding hydrogens is 252 g/mol. The molecule has 2 aromatic rings. The Bertz CT molecular complexity index is 581. The van der Waals surface area contributed by atoms with Gasteiger partial charge in [-0.1, -0.05) is 24.3 Å². The van der Waals surface area contributed by atoms with E-state index in [9.17, 15) is 0 Å². The van der Waals surface area contributed by atoms with Crippen molar-refractivity contribution < 1.29 is 9.47 Å². The van der Waals surface area contributed by atoms with Gasteiger partial charge >= 0.3 is 0 Å².